The molecule has 1 saturated heterocycles. The highest BCUT2D eigenvalue weighted by Crippen LogP contribution is 2.30. The number of piperazine rings is 1. The van der Waals surface area contributed by atoms with Gasteiger partial charge in [0.25, 0.3) is 11.8 Å². The summed E-state index contributed by atoms with van der Waals surface area (Å²) >= 11 is 1.51. The van der Waals surface area contributed by atoms with Crippen LogP contribution in [0.2, 0.25) is 0 Å². The van der Waals surface area contributed by atoms with Gasteiger partial charge in [-0.3, -0.25) is 14.5 Å². The van der Waals surface area contributed by atoms with Gasteiger partial charge in [-0.25, -0.2) is 4.98 Å². The molecule has 0 unspecified atom stereocenters. The summed E-state index contributed by atoms with van der Waals surface area (Å²) in [5.41, 5.74) is 4.77. The Balaban J connectivity index is 1.09. The third kappa shape index (κ3) is 7.24. The third-order valence-electron chi connectivity index (χ3n) is 8.35. The number of amides is 2. The number of aromatic nitrogens is 2. The molecule has 230 valence electrons. The first-order valence-corrected chi connectivity index (χ1v) is 16.5. The van der Waals surface area contributed by atoms with Crippen LogP contribution in [-0.2, 0) is 13.1 Å². The highest BCUT2D eigenvalue weighted by molar-refractivity contribution is 7.09. The summed E-state index contributed by atoms with van der Waals surface area (Å²) in [6, 6.07) is 34.9. The molecule has 3 heterocycles. The molecule has 0 atom stereocenters. The van der Waals surface area contributed by atoms with E-state index in [4.69, 9.17) is 4.98 Å². The molecule has 1 aliphatic heterocycles. The molecule has 0 aliphatic carbocycles. The summed E-state index contributed by atoms with van der Waals surface area (Å²) in [6.45, 7) is 6.74. The van der Waals surface area contributed by atoms with Crippen molar-refractivity contribution in [2.24, 2.45) is 0 Å². The van der Waals surface area contributed by atoms with E-state index in [-0.39, 0.29) is 17.9 Å². The summed E-state index contributed by atoms with van der Waals surface area (Å²) < 4.78 is 2.13. The van der Waals surface area contributed by atoms with Gasteiger partial charge in [-0.1, -0.05) is 85.8 Å². The van der Waals surface area contributed by atoms with Crippen molar-refractivity contribution in [3.63, 3.8) is 0 Å². The zero-order valence-electron chi connectivity index (χ0n) is 25.7. The molecule has 0 spiro atoms. The van der Waals surface area contributed by atoms with E-state index in [1.807, 2.05) is 57.8 Å². The lowest BCUT2D eigenvalue weighted by Gasteiger charge is -2.39. The fourth-order valence-electron chi connectivity index (χ4n) is 6.09. The Kier molecular flexibility index (Phi) is 9.83. The molecular weight excluding hydrogens is 579 g/mol. The summed E-state index contributed by atoms with van der Waals surface area (Å²) in [7, 11) is 0. The van der Waals surface area contributed by atoms with Gasteiger partial charge in [0, 0.05) is 55.6 Å². The molecule has 0 N–H and O–H groups in total. The van der Waals surface area contributed by atoms with Crippen LogP contribution in [-0.4, -0.2) is 68.8 Å². The molecule has 0 radical (unpaired) electrons. The van der Waals surface area contributed by atoms with E-state index in [2.05, 4.69) is 83.1 Å². The Hall–Kier alpha value is -4.53. The molecule has 3 aromatic carbocycles. The van der Waals surface area contributed by atoms with Gasteiger partial charge in [0.2, 0.25) is 0 Å². The molecule has 1 fully saturated rings. The average Bonchev–Trinajstić information content (AvgIpc) is 3.75. The SMILES string of the molecule is CCCN(Cc1cccn1Cc1nc(C(=O)N2CCN(C(c3ccccc3)c3ccccc3)CC2)cs1)C(=O)c1ccccc1. The van der Waals surface area contributed by atoms with Crippen molar-refractivity contribution in [3.8, 4) is 0 Å². The van der Waals surface area contributed by atoms with E-state index in [0.29, 0.717) is 44.0 Å². The minimum absolute atomic E-state index is 0.0107. The Morgan fingerprint density at radius 1 is 0.822 bits per heavy atom. The fourth-order valence-corrected chi connectivity index (χ4v) is 6.85. The Labute approximate surface area is 269 Å². The van der Waals surface area contributed by atoms with Crippen molar-refractivity contribution in [1.82, 2.24) is 24.3 Å². The van der Waals surface area contributed by atoms with Crippen molar-refractivity contribution < 1.29 is 9.59 Å². The normalized spacial score (nSPS) is 13.7. The van der Waals surface area contributed by atoms with Crippen molar-refractivity contribution in [2.75, 3.05) is 32.7 Å². The van der Waals surface area contributed by atoms with Gasteiger partial charge in [0.15, 0.2) is 0 Å². The molecule has 0 saturated carbocycles. The second-order valence-electron chi connectivity index (χ2n) is 11.4. The van der Waals surface area contributed by atoms with Gasteiger partial charge in [-0.2, -0.15) is 0 Å². The number of carbonyl (C=O) groups is 2. The van der Waals surface area contributed by atoms with Crippen molar-refractivity contribution in [3.05, 3.63) is 148 Å². The van der Waals surface area contributed by atoms with Crippen LogP contribution in [0.3, 0.4) is 0 Å². The van der Waals surface area contributed by atoms with Crippen LogP contribution in [0.5, 0.6) is 0 Å². The van der Waals surface area contributed by atoms with Crippen LogP contribution in [0, 0.1) is 0 Å². The van der Waals surface area contributed by atoms with Crippen molar-refractivity contribution >= 4 is 23.2 Å². The van der Waals surface area contributed by atoms with Crippen LogP contribution >= 0.6 is 11.3 Å². The van der Waals surface area contributed by atoms with Crippen molar-refractivity contribution in [1.29, 1.82) is 0 Å². The highest BCUT2D eigenvalue weighted by Gasteiger charge is 2.29. The lowest BCUT2D eigenvalue weighted by atomic mass is 9.96. The first kappa shape index (κ1) is 30.5. The van der Waals surface area contributed by atoms with Gasteiger partial charge in [0.1, 0.15) is 10.7 Å². The van der Waals surface area contributed by atoms with E-state index in [0.717, 1.165) is 30.2 Å². The number of benzene rings is 3. The van der Waals surface area contributed by atoms with E-state index < -0.39 is 0 Å². The maximum Gasteiger partial charge on any atom is 0.273 e. The molecule has 2 amide bonds. The predicted molar refractivity (Wildman–Crippen MR) is 179 cm³/mol. The molecule has 2 aromatic heterocycles. The lowest BCUT2D eigenvalue weighted by Crippen LogP contribution is -2.50. The molecule has 1 aliphatic rings. The third-order valence-corrected chi connectivity index (χ3v) is 9.19. The molecule has 7 nitrogen and oxygen atoms in total. The van der Waals surface area contributed by atoms with Gasteiger partial charge in [-0.05, 0) is 41.8 Å². The van der Waals surface area contributed by atoms with Gasteiger partial charge in [0.05, 0.1) is 19.1 Å². The summed E-state index contributed by atoms with van der Waals surface area (Å²) in [4.78, 5) is 37.8. The maximum atomic E-state index is 13.5. The van der Waals surface area contributed by atoms with Crippen LogP contribution in [0.4, 0.5) is 0 Å². The zero-order valence-corrected chi connectivity index (χ0v) is 26.5. The fraction of sp³-hybridized carbons (Fsp3) is 0.270. The smallest absolute Gasteiger partial charge is 0.273 e. The topological polar surface area (TPSA) is 61.7 Å². The first-order chi connectivity index (χ1) is 22.1. The number of hydrogen-bond acceptors (Lipinski definition) is 5. The zero-order chi connectivity index (χ0) is 31.0. The van der Waals surface area contributed by atoms with Crippen molar-refractivity contribution in [2.45, 2.75) is 32.5 Å². The number of nitrogens with zero attached hydrogens (tertiary/aromatic N) is 5. The number of rotatable bonds is 11. The largest absolute Gasteiger partial charge is 0.343 e. The predicted octanol–water partition coefficient (Wildman–Crippen LogP) is 6.59. The van der Waals surface area contributed by atoms with Crippen LogP contribution in [0.25, 0.3) is 0 Å². The second kappa shape index (κ2) is 14.5. The average molecular weight is 618 g/mol. The molecule has 6 rings (SSSR count). The summed E-state index contributed by atoms with van der Waals surface area (Å²) in [5, 5.41) is 2.76. The van der Waals surface area contributed by atoms with Crippen LogP contribution in [0.1, 0.15) is 62.1 Å². The minimum Gasteiger partial charge on any atom is -0.343 e. The van der Waals surface area contributed by atoms with Gasteiger partial charge < -0.3 is 14.4 Å². The highest BCUT2D eigenvalue weighted by atomic mass is 32.1. The number of hydrogen-bond donors (Lipinski definition) is 0. The van der Waals surface area contributed by atoms with E-state index in [1.165, 1.54) is 22.5 Å². The minimum atomic E-state index is -0.0107. The lowest BCUT2D eigenvalue weighted by molar-refractivity contribution is 0.0592. The van der Waals surface area contributed by atoms with Gasteiger partial charge >= 0.3 is 0 Å². The Morgan fingerprint density at radius 2 is 1.44 bits per heavy atom. The van der Waals surface area contributed by atoms with E-state index in [9.17, 15) is 9.59 Å². The molecule has 45 heavy (non-hydrogen) atoms. The standard InChI is InChI=1S/C37H39N5O2S/c1-2-20-42(36(43)31-17-10-5-11-18-31)26-32-19-12-21-41(32)27-34-38-33(28-45-34)37(44)40-24-22-39(23-25-40)35(29-13-6-3-7-14-29)30-15-8-4-9-16-30/h3-19,21,28,35H,2,20,22-27H2,1H3. The summed E-state index contributed by atoms with van der Waals surface area (Å²) in [6.07, 6.45) is 2.90. The quantitative estimate of drug-likeness (QED) is 0.168. The second-order valence-corrected chi connectivity index (χ2v) is 12.3. The summed E-state index contributed by atoms with van der Waals surface area (Å²) in [5.74, 6) is 0.0229. The molecule has 5 aromatic rings. The monoisotopic (exact) mass is 617 g/mol. The number of thiazole rings is 1. The van der Waals surface area contributed by atoms with Gasteiger partial charge in [-0.15, -0.1) is 11.3 Å². The van der Waals surface area contributed by atoms with Crippen LogP contribution < -0.4 is 0 Å². The van der Waals surface area contributed by atoms with E-state index >= 15 is 0 Å². The van der Waals surface area contributed by atoms with E-state index in [1.54, 1.807) is 0 Å². The Morgan fingerprint density at radius 3 is 2.07 bits per heavy atom. The molecular formula is C37H39N5O2S. The Bertz CT molecular complexity index is 1640. The molecule has 8 heteroatoms. The van der Waals surface area contributed by atoms with Crippen LogP contribution in [0.15, 0.2) is 115 Å². The first-order valence-electron chi connectivity index (χ1n) is 15.7. The molecule has 0 bridgehead atoms. The number of carbonyl (C=O) groups excluding carboxylic acids is 2. The maximum absolute atomic E-state index is 13.5.